The van der Waals surface area contributed by atoms with Gasteiger partial charge in [0.15, 0.2) is 0 Å². The van der Waals surface area contributed by atoms with Gasteiger partial charge in [-0.05, 0) is 0 Å². The number of nitriles is 1. The van der Waals surface area contributed by atoms with Crippen LogP contribution in [0.3, 0.4) is 0 Å². The summed E-state index contributed by atoms with van der Waals surface area (Å²) in [5.41, 5.74) is 0. The third-order valence-corrected chi connectivity index (χ3v) is 0.104. The van der Waals surface area contributed by atoms with Gasteiger partial charge in [0.1, 0.15) is 11.9 Å². The molecule has 2 nitrogen and oxygen atoms in total. The molecular weight excluding hydrogens is 129 g/mol. The summed E-state index contributed by atoms with van der Waals surface area (Å²) < 4.78 is 3.32. The van der Waals surface area contributed by atoms with E-state index in [4.69, 9.17) is 5.26 Å². The van der Waals surface area contributed by atoms with E-state index in [2.05, 4.69) is 16.2 Å². The number of rotatable bonds is 0. The monoisotopic (exact) mass is 129 g/mol. The fraction of sp³-hybridized carbons (Fsp3) is 0. The quantitative estimate of drug-likeness (QED) is 0.450. The molecule has 0 aliphatic rings. The van der Waals surface area contributed by atoms with Gasteiger partial charge in [-0.2, -0.15) is 0 Å². The Labute approximate surface area is 45.6 Å². The first-order chi connectivity index (χ1) is 1.91. The van der Waals surface area contributed by atoms with Crippen molar-refractivity contribution in [1.29, 1.82) is 5.26 Å². The maximum atomic E-state index is 7.27. The average Bonchev–Trinajstić information content (AvgIpc) is 1.37. The van der Waals surface area contributed by atoms with Crippen molar-refractivity contribution in [3.05, 3.63) is 0 Å². The van der Waals surface area contributed by atoms with Crippen molar-refractivity contribution >= 4 is 11.9 Å². The average molecular weight is 129 g/mol. The van der Waals surface area contributed by atoms with Gasteiger partial charge in [-0.1, -0.05) is 0 Å². The number of hydrogen-bond acceptors (Lipinski definition) is 2. The topological polar surface area (TPSA) is 33.0 Å². The molecule has 0 amide bonds. The van der Waals surface area contributed by atoms with Crippen LogP contribution in [0.2, 0.25) is 0 Å². The minimum Gasteiger partial charge on any atom is -0.307 e. The fourth-order valence-corrected chi connectivity index (χ4v) is 0. The molecule has 4 heteroatoms. The molecule has 0 fully saturated rings. The van der Waals surface area contributed by atoms with Crippen LogP contribution in [0.4, 0.5) is 0 Å². The molecule has 1 radical (unpaired) electrons. The van der Waals surface area contributed by atoms with Crippen molar-refractivity contribution in [2.24, 2.45) is 0 Å². The van der Waals surface area contributed by atoms with Crippen LogP contribution in [0.1, 0.15) is 0 Å². The Bertz CT molecular complexity index is 41.4. The summed E-state index contributed by atoms with van der Waals surface area (Å²) in [6.45, 7) is 0. The second-order valence-corrected chi connectivity index (χ2v) is 0.323. The van der Waals surface area contributed by atoms with E-state index in [9.17, 15) is 0 Å². The van der Waals surface area contributed by atoms with Crippen LogP contribution in [-0.4, -0.2) is 0 Å². The van der Waals surface area contributed by atoms with Gasteiger partial charge in [-0.3, -0.25) is 0 Å². The molecule has 0 aromatic heterocycles. The summed E-state index contributed by atoms with van der Waals surface area (Å²) in [6, 6.07) is 0. The summed E-state index contributed by atoms with van der Waals surface area (Å²) in [5, 5.41) is 7.27. The predicted molar refractivity (Wildman–Crippen MR) is 12.6 cm³/mol. The largest absolute Gasteiger partial charge is 3.00 e. The molecule has 0 saturated heterocycles. The van der Waals surface area contributed by atoms with Gasteiger partial charge in [0.25, 0.3) is 0 Å². The Hall–Kier alpha value is 0.112. The van der Waals surface area contributed by atoms with E-state index in [0.717, 1.165) is 0 Å². The molecule has 0 rings (SSSR count). The molecule has 0 aromatic rings. The van der Waals surface area contributed by atoms with Gasteiger partial charge in [0.05, 0.1) is 0 Å². The second-order valence-electron chi connectivity index (χ2n) is 0.168. The summed E-state index contributed by atoms with van der Waals surface area (Å²) in [7, 11) is 0. The normalized spacial score (nSPS) is 3.20. The summed E-state index contributed by atoms with van der Waals surface area (Å²) >= 11 is 4.32. The van der Waals surface area contributed by atoms with Crippen molar-refractivity contribution in [2.45, 2.75) is 0 Å². The smallest absolute Gasteiger partial charge is 0.307 e. The van der Waals surface area contributed by atoms with Crippen molar-refractivity contribution in [3.8, 4) is 6.26 Å². The van der Waals surface area contributed by atoms with E-state index in [1.165, 1.54) is 6.26 Å². The van der Waals surface area contributed by atoms with Crippen molar-refractivity contribution in [1.82, 2.24) is 0 Å². The third-order valence-electron chi connectivity index (χ3n) is 0.0345. The number of nitrogens with zero attached hydrogens (tertiary/aromatic N) is 1. The zero-order valence-electron chi connectivity index (χ0n) is 2.14. The first-order valence-electron chi connectivity index (χ1n) is 0.582. The van der Waals surface area contributed by atoms with Gasteiger partial charge in [-0.15, -0.1) is 5.26 Å². The summed E-state index contributed by atoms with van der Waals surface area (Å²) in [5.74, 6) is 0. The molecule has 0 aliphatic carbocycles. The Morgan fingerprint density at radius 2 is 2.00 bits per heavy atom. The minimum atomic E-state index is 0. The van der Waals surface area contributed by atoms with Crippen molar-refractivity contribution in [2.75, 3.05) is 0 Å². The fourth-order valence-electron chi connectivity index (χ4n) is 0. The molecule has 0 heterocycles. The van der Waals surface area contributed by atoms with Gasteiger partial charge >= 0.3 is 23.6 Å². The third kappa shape index (κ3) is 14.8. The summed E-state index contributed by atoms with van der Waals surface area (Å²) in [6.07, 6.45) is 1.20. The second kappa shape index (κ2) is 8.93. The molecule has 0 spiro atoms. The Balaban J connectivity index is 0. The first kappa shape index (κ1) is 8.93. The molecule has 0 bridgehead atoms. The molecular formula is CClCrNO+3. The van der Waals surface area contributed by atoms with Crippen LogP contribution in [0.15, 0.2) is 0 Å². The zero-order chi connectivity index (χ0) is 3.41. The van der Waals surface area contributed by atoms with E-state index >= 15 is 0 Å². The maximum absolute atomic E-state index is 7.27. The van der Waals surface area contributed by atoms with E-state index in [0.29, 0.717) is 0 Å². The van der Waals surface area contributed by atoms with Crippen molar-refractivity contribution in [3.63, 3.8) is 0 Å². The first-order valence-corrected chi connectivity index (χ1v) is 0.891. The Morgan fingerprint density at radius 3 is 2.00 bits per heavy atom. The summed E-state index contributed by atoms with van der Waals surface area (Å²) in [4.78, 5) is 0. The molecule has 0 aromatic carbocycles. The molecule has 5 heavy (non-hydrogen) atoms. The van der Waals surface area contributed by atoms with Gasteiger partial charge in [0.2, 0.25) is 0 Å². The van der Waals surface area contributed by atoms with Crippen LogP contribution in [0.25, 0.3) is 0 Å². The molecule has 0 aliphatic heterocycles. The van der Waals surface area contributed by atoms with Gasteiger partial charge in [0, 0.05) is 0 Å². The SMILES string of the molecule is N#COCl.[Cr+3]. The van der Waals surface area contributed by atoms with E-state index < -0.39 is 0 Å². The van der Waals surface area contributed by atoms with Gasteiger partial charge in [-0.25, -0.2) is 0 Å². The van der Waals surface area contributed by atoms with Crippen LogP contribution in [-0.2, 0) is 21.7 Å². The predicted octanol–water partition coefficient (Wildman–Crippen LogP) is 0.635. The van der Waals surface area contributed by atoms with Crippen LogP contribution in [0.5, 0.6) is 0 Å². The molecule has 0 atom stereocenters. The van der Waals surface area contributed by atoms with E-state index in [-0.39, 0.29) is 17.4 Å². The van der Waals surface area contributed by atoms with Gasteiger partial charge < -0.3 is 4.29 Å². The zero-order valence-corrected chi connectivity index (χ0v) is 4.17. The molecule has 0 unspecified atom stereocenters. The van der Waals surface area contributed by atoms with E-state index in [1.807, 2.05) is 0 Å². The van der Waals surface area contributed by atoms with Crippen LogP contribution < -0.4 is 0 Å². The number of halogens is 1. The molecule has 0 N–H and O–H groups in total. The number of hydrogen-bond donors (Lipinski definition) is 0. The van der Waals surface area contributed by atoms with Crippen LogP contribution in [0, 0.1) is 11.5 Å². The standard InChI is InChI=1S/CClNO.Cr/c2-4-1-3;/q;+3. The Kier molecular flexibility index (Phi) is 15.9. The minimum absolute atomic E-state index is 0. The van der Waals surface area contributed by atoms with E-state index in [1.54, 1.807) is 0 Å². The van der Waals surface area contributed by atoms with Crippen molar-refractivity contribution < 1.29 is 21.7 Å². The molecule has 25 valence electrons. The maximum Gasteiger partial charge on any atom is 3.00 e. The van der Waals surface area contributed by atoms with Crippen LogP contribution >= 0.6 is 11.9 Å². The molecule has 0 saturated carbocycles. The Morgan fingerprint density at radius 1 is 1.80 bits per heavy atom.